The van der Waals surface area contributed by atoms with Gasteiger partial charge < -0.3 is 5.32 Å². The van der Waals surface area contributed by atoms with Gasteiger partial charge in [0.15, 0.2) is 5.78 Å². The SMILES string of the molecule is CCCCCCCCNC(=O)C=CC(=O)CC(=S)C=Cc1ccccc1. The molecule has 1 aromatic carbocycles. The van der Waals surface area contributed by atoms with Crippen molar-refractivity contribution in [1.82, 2.24) is 5.32 Å². The number of thiocarbonyl (C=S) groups is 1. The van der Waals surface area contributed by atoms with Gasteiger partial charge in [-0.05, 0) is 24.1 Å². The van der Waals surface area contributed by atoms with E-state index in [1.54, 1.807) is 6.08 Å². The average molecular weight is 372 g/mol. The summed E-state index contributed by atoms with van der Waals surface area (Å²) < 4.78 is 0. The van der Waals surface area contributed by atoms with E-state index in [9.17, 15) is 9.59 Å². The Kier molecular flexibility index (Phi) is 11.9. The van der Waals surface area contributed by atoms with Gasteiger partial charge in [0.2, 0.25) is 5.91 Å². The summed E-state index contributed by atoms with van der Waals surface area (Å²) in [6.07, 6.45) is 13.5. The minimum atomic E-state index is -0.224. The Labute approximate surface area is 162 Å². The number of benzene rings is 1. The van der Waals surface area contributed by atoms with E-state index in [-0.39, 0.29) is 18.1 Å². The average Bonchev–Trinajstić information content (AvgIpc) is 2.65. The monoisotopic (exact) mass is 371 g/mol. The van der Waals surface area contributed by atoms with E-state index < -0.39 is 0 Å². The summed E-state index contributed by atoms with van der Waals surface area (Å²) in [5.74, 6) is -0.389. The molecule has 0 saturated heterocycles. The van der Waals surface area contributed by atoms with Gasteiger partial charge in [-0.2, -0.15) is 0 Å². The summed E-state index contributed by atoms with van der Waals surface area (Å²) in [5.41, 5.74) is 1.03. The minimum Gasteiger partial charge on any atom is -0.353 e. The quantitative estimate of drug-likeness (QED) is 0.299. The van der Waals surface area contributed by atoms with Gasteiger partial charge in [0.1, 0.15) is 0 Å². The van der Waals surface area contributed by atoms with Crippen molar-refractivity contribution in [1.29, 1.82) is 0 Å². The Morgan fingerprint density at radius 1 is 0.962 bits per heavy atom. The Morgan fingerprint density at radius 3 is 2.38 bits per heavy atom. The Balaban J connectivity index is 2.19. The van der Waals surface area contributed by atoms with Crippen LogP contribution in [0.15, 0.2) is 48.6 Å². The van der Waals surface area contributed by atoms with Gasteiger partial charge in [-0.15, -0.1) is 0 Å². The van der Waals surface area contributed by atoms with Crippen molar-refractivity contribution in [2.24, 2.45) is 0 Å². The molecule has 0 unspecified atom stereocenters. The largest absolute Gasteiger partial charge is 0.353 e. The Bertz CT molecular complexity index is 620. The fourth-order valence-corrected chi connectivity index (χ4v) is 2.60. The van der Waals surface area contributed by atoms with E-state index in [0.29, 0.717) is 11.4 Å². The molecule has 26 heavy (non-hydrogen) atoms. The van der Waals surface area contributed by atoms with Crippen LogP contribution in [0.2, 0.25) is 0 Å². The van der Waals surface area contributed by atoms with E-state index in [1.807, 2.05) is 36.4 Å². The van der Waals surface area contributed by atoms with Gasteiger partial charge in [-0.3, -0.25) is 9.59 Å². The molecule has 0 saturated carbocycles. The molecule has 0 heterocycles. The van der Waals surface area contributed by atoms with Crippen molar-refractivity contribution >= 4 is 34.8 Å². The number of carbonyl (C=O) groups is 2. The molecule has 1 N–H and O–H groups in total. The van der Waals surface area contributed by atoms with Gasteiger partial charge in [-0.1, -0.05) is 87.7 Å². The van der Waals surface area contributed by atoms with Crippen LogP contribution in [0.1, 0.15) is 57.4 Å². The molecular weight excluding hydrogens is 342 g/mol. The molecule has 0 bridgehead atoms. The lowest BCUT2D eigenvalue weighted by atomic mass is 10.1. The number of carbonyl (C=O) groups excluding carboxylic acids is 2. The van der Waals surface area contributed by atoms with Gasteiger partial charge >= 0.3 is 0 Å². The molecule has 0 fully saturated rings. The number of ketones is 1. The fourth-order valence-electron chi connectivity index (χ4n) is 2.39. The van der Waals surface area contributed by atoms with Crippen molar-refractivity contribution in [3.63, 3.8) is 0 Å². The highest BCUT2D eigenvalue weighted by Crippen LogP contribution is 2.04. The maximum atomic E-state index is 11.9. The first-order valence-electron chi connectivity index (χ1n) is 9.36. The smallest absolute Gasteiger partial charge is 0.244 e. The number of nitrogens with one attached hydrogen (secondary N) is 1. The maximum absolute atomic E-state index is 11.9. The van der Waals surface area contributed by atoms with Crippen LogP contribution in [-0.4, -0.2) is 23.1 Å². The maximum Gasteiger partial charge on any atom is 0.244 e. The van der Waals surface area contributed by atoms with E-state index in [0.717, 1.165) is 18.4 Å². The summed E-state index contributed by atoms with van der Waals surface area (Å²) in [6, 6.07) is 9.77. The minimum absolute atomic E-state index is 0.139. The number of unbranched alkanes of at least 4 members (excludes halogenated alkanes) is 5. The highest BCUT2D eigenvalue weighted by atomic mass is 32.1. The lowest BCUT2D eigenvalue weighted by Gasteiger charge is -2.02. The molecule has 0 aromatic heterocycles. The third-order valence-corrected chi connectivity index (χ3v) is 4.14. The Hall–Kier alpha value is -2.07. The van der Waals surface area contributed by atoms with Gasteiger partial charge in [0, 0.05) is 23.9 Å². The molecule has 1 aromatic rings. The zero-order valence-corrected chi connectivity index (χ0v) is 16.4. The van der Waals surface area contributed by atoms with E-state index in [2.05, 4.69) is 12.2 Å². The molecule has 0 spiro atoms. The topological polar surface area (TPSA) is 46.2 Å². The third-order valence-electron chi connectivity index (χ3n) is 3.86. The van der Waals surface area contributed by atoms with Crippen molar-refractivity contribution < 1.29 is 9.59 Å². The lowest BCUT2D eigenvalue weighted by Crippen LogP contribution is -2.22. The van der Waals surface area contributed by atoms with Gasteiger partial charge in [0.25, 0.3) is 0 Å². The predicted molar refractivity (Wildman–Crippen MR) is 113 cm³/mol. The highest BCUT2D eigenvalue weighted by molar-refractivity contribution is 7.80. The molecular formula is C22H29NO2S. The van der Waals surface area contributed by atoms with Gasteiger partial charge in [-0.25, -0.2) is 0 Å². The zero-order chi connectivity index (χ0) is 19.0. The number of rotatable bonds is 13. The van der Waals surface area contributed by atoms with Gasteiger partial charge in [0.05, 0.1) is 0 Å². The molecule has 1 amide bonds. The molecule has 0 radical (unpaired) electrons. The summed E-state index contributed by atoms with van der Waals surface area (Å²) in [5, 5.41) is 2.80. The number of hydrogen-bond acceptors (Lipinski definition) is 3. The first-order chi connectivity index (χ1) is 12.6. The summed E-state index contributed by atoms with van der Waals surface area (Å²) in [4.78, 5) is 24.1. The standard InChI is InChI=1S/C22H29NO2S/c1-2-3-4-5-6-10-17-23-22(25)16-14-20(24)18-21(26)15-13-19-11-8-7-9-12-19/h7-9,11-16H,2-6,10,17-18H2,1H3,(H,23,25). The van der Waals surface area contributed by atoms with Crippen molar-refractivity contribution in [3.05, 3.63) is 54.1 Å². The molecule has 0 atom stereocenters. The fraction of sp³-hybridized carbons (Fsp3) is 0.409. The second-order valence-electron chi connectivity index (χ2n) is 6.25. The molecule has 140 valence electrons. The summed E-state index contributed by atoms with van der Waals surface area (Å²) in [6.45, 7) is 2.85. The summed E-state index contributed by atoms with van der Waals surface area (Å²) >= 11 is 5.20. The van der Waals surface area contributed by atoms with E-state index in [4.69, 9.17) is 12.2 Å². The van der Waals surface area contributed by atoms with Crippen molar-refractivity contribution in [3.8, 4) is 0 Å². The molecule has 0 aliphatic rings. The second kappa shape index (κ2) is 14.1. The van der Waals surface area contributed by atoms with Crippen LogP contribution in [-0.2, 0) is 9.59 Å². The predicted octanol–water partition coefficient (Wildman–Crippen LogP) is 5.06. The first-order valence-corrected chi connectivity index (χ1v) is 9.77. The number of amides is 1. The molecule has 0 aliphatic heterocycles. The molecule has 1 rings (SSSR count). The summed E-state index contributed by atoms with van der Waals surface area (Å²) in [7, 11) is 0. The van der Waals surface area contributed by atoms with Crippen LogP contribution in [0.3, 0.4) is 0 Å². The normalized spacial score (nSPS) is 11.1. The van der Waals surface area contributed by atoms with Crippen molar-refractivity contribution in [2.45, 2.75) is 51.9 Å². The van der Waals surface area contributed by atoms with E-state index >= 15 is 0 Å². The number of hydrogen-bond donors (Lipinski definition) is 1. The molecule has 0 aliphatic carbocycles. The second-order valence-corrected chi connectivity index (χ2v) is 6.77. The molecule has 4 heteroatoms. The van der Waals surface area contributed by atoms with Crippen LogP contribution in [0.5, 0.6) is 0 Å². The zero-order valence-electron chi connectivity index (χ0n) is 15.6. The lowest BCUT2D eigenvalue weighted by molar-refractivity contribution is -0.117. The van der Waals surface area contributed by atoms with Crippen LogP contribution < -0.4 is 5.32 Å². The molecule has 3 nitrogen and oxygen atoms in total. The van der Waals surface area contributed by atoms with E-state index in [1.165, 1.54) is 37.8 Å². The Morgan fingerprint density at radius 2 is 1.65 bits per heavy atom. The van der Waals surface area contributed by atoms with Crippen LogP contribution in [0, 0.1) is 0 Å². The van der Waals surface area contributed by atoms with Crippen LogP contribution in [0.4, 0.5) is 0 Å². The highest BCUT2D eigenvalue weighted by Gasteiger charge is 2.02. The third kappa shape index (κ3) is 11.5. The van der Waals surface area contributed by atoms with Crippen molar-refractivity contribution in [2.75, 3.05) is 6.54 Å². The number of allylic oxidation sites excluding steroid dienone is 2. The van der Waals surface area contributed by atoms with Crippen LogP contribution in [0.25, 0.3) is 6.08 Å². The first kappa shape index (κ1) is 22.0. The van der Waals surface area contributed by atoms with Crippen LogP contribution >= 0.6 is 12.2 Å².